The van der Waals surface area contributed by atoms with E-state index in [-0.39, 0.29) is 0 Å². The zero-order valence-electron chi connectivity index (χ0n) is 4.67. The standard InChI is InChI=1S/C5H10N2S/c6-5(3-8)7-4-1-2-4/h4,8H,1-3H2,(H2,6,7). The molecule has 0 aliphatic heterocycles. The normalized spacial score (nSPS) is 21.4. The lowest BCUT2D eigenvalue weighted by Crippen LogP contribution is -2.13. The lowest BCUT2D eigenvalue weighted by atomic mass is 10.6. The maximum atomic E-state index is 5.39. The topological polar surface area (TPSA) is 38.4 Å². The molecule has 46 valence electrons. The molecule has 1 aliphatic rings. The Bertz CT molecular complexity index is 107. The van der Waals surface area contributed by atoms with Crippen LogP contribution in [-0.4, -0.2) is 17.6 Å². The first kappa shape index (κ1) is 5.95. The summed E-state index contributed by atoms with van der Waals surface area (Å²) in [7, 11) is 0. The average Bonchev–Trinajstić information content (AvgIpc) is 2.50. The molecule has 0 unspecified atom stereocenters. The van der Waals surface area contributed by atoms with Crippen molar-refractivity contribution in [1.29, 1.82) is 0 Å². The van der Waals surface area contributed by atoms with Gasteiger partial charge in [0.2, 0.25) is 0 Å². The summed E-state index contributed by atoms with van der Waals surface area (Å²) in [4.78, 5) is 4.12. The molecule has 1 aliphatic carbocycles. The molecule has 2 nitrogen and oxygen atoms in total. The second kappa shape index (κ2) is 2.40. The summed E-state index contributed by atoms with van der Waals surface area (Å²) in [6.45, 7) is 0. The van der Waals surface area contributed by atoms with E-state index in [4.69, 9.17) is 5.73 Å². The van der Waals surface area contributed by atoms with Crippen LogP contribution in [-0.2, 0) is 0 Å². The number of rotatable bonds is 2. The summed E-state index contributed by atoms with van der Waals surface area (Å²) in [5.74, 6) is 1.27. The average molecular weight is 130 g/mol. The number of nitrogens with two attached hydrogens (primary N) is 1. The van der Waals surface area contributed by atoms with E-state index >= 15 is 0 Å². The fraction of sp³-hybridized carbons (Fsp3) is 0.800. The molecule has 0 heterocycles. The first-order valence-corrected chi connectivity index (χ1v) is 3.39. The number of amidine groups is 1. The molecule has 0 atom stereocenters. The van der Waals surface area contributed by atoms with Gasteiger partial charge in [-0.1, -0.05) is 0 Å². The SMILES string of the molecule is NC(CS)=NC1CC1. The summed E-state index contributed by atoms with van der Waals surface area (Å²) in [5.41, 5.74) is 5.39. The van der Waals surface area contributed by atoms with E-state index in [9.17, 15) is 0 Å². The summed E-state index contributed by atoms with van der Waals surface area (Å²) in [5, 5.41) is 0. The minimum absolute atomic E-state index is 0.544. The van der Waals surface area contributed by atoms with Crippen molar-refractivity contribution in [2.24, 2.45) is 10.7 Å². The van der Waals surface area contributed by atoms with Crippen LogP contribution in [0.2, 0.25) is 0 Å². The van der Waals surface area contributed by atoms with Gasteiger partial charge in [0.1, 0.15) is 5.84 Å². The number of aliphatic imine (C=N–C) groups is 1. The Kier molecular flexibility index (Phi) is 1.78. The smallest absolute Gasteiger partial charge is 0.104 e. The van der Waals surface area contributed by atoms with Gasteiger partial charge in [-0.3, -0.25) is 4.99 Å². The zero-order valence-corrected chi connectivity index (χ0v) is 5.56. The van der Waals surface area contributed by atoms with Crippen LogP contribution < -0.4 is 5.73 Å². The molecule has 8 heavy (non-hydrogen) atoms. The van der Waals surface area contributed by atoms with Crippen molar-refractivity contribution in [3.05, 3.63) is 0 Å². The van der Waals surface area contributed by atoms with Gasteiger partial charge in [0.05, 0.1) is 6.04 Å². The Hall–Kier alpha value is -0.180. The molecule has 0 radical (unpaired) electrons. The number of nitrogens with zero attached hydrogens (tertiary/aromatic N) is 1. The Labute approximate surface area is 54.6 Å². The summed E-state index contributed by atoms with van der Waals surface area (Å²) in [6, 6.07) is 0.544. The van der Waals surface area contributed by atoms with E-state index in [0.717, 1.165) is 0 Å². The van der Waals surface area contributed by atoms with Gasteiger partial charge in [-0.2, -0.15) is 12.6 Å². The minimum Gasteiger partial charge on any atom is -0.387 e. The summed E-state index contributed by atoms with van der Waals surface area (Å²) < 4.78 is 0. The molecule has 0 saturated heterocycles. The van der Waals surface area contributed by atoms with E-state index in [0.29, 0.717) is 17.6 Å². The van der Waals surface area contributed by atoms with Crippen LogP contribution in [0.4, 0.5) is 0 Å². The second-order valence-corrected chi connectivity index (χ2v) is 2.33. The number of thiol groups is 1. The van der Waals surface area contributed by atoms with E-state index in [2.05, 4.69) is 17.6 Å². The van der Waals surface area contributed by atoms with Gasteiger partial charge in [-0.05, 0) is 12.8 Å². The Morgan fingerprint density at radius 1 is 1.75 bits per heavy atom. The van der Waals surface area contributed by atoms with E-state index < -0.39 is 0 Å². The predicted octanol–water partition coefficient (Wildman–Crippen LogP) is 0.436. The Morgan fingerprint density at radius 2 is 2.38 bits per heavy atom. The fourth-order valence-corrected chi connectivity index (χ4v) is 0.561. The molecule has 1 rings (SSSR count). The van der Waals surface area contributed by atoms with E-state index in [1.54, 1.807) is 0 Å². The lowest BCUT2D eigenvalue weighted by Gasteiger charge is -1.89. The monoisotopic (exact) mass is 130 g/mol. The molecule has 0 spiro atoms. The van der Waals surface area contributed by atoms with Crippen LogP contribution in [0.3, 0.4) is 0 Å². The predicted molar refractivity (Wildman–Crippen MR) is 38.5 cm³/mol. The van der Waals surface area contributed by atoms with Gasteiger partial charge in [0.25, 0.3) is 0 Å². The van der Waals surface area contributed by atoms with Gasteiger partial charge in [-0.25, -0.2) is 0 Å². The zero-order chi connectivity index (χ0) is 5.98. The van der Waals surface area contributed by atoms with Crippen molar-refractivity contribution in [2.45, 2.75) is 18.9 Å². The summed E-state index contributed by atoms with van der Waals surface area (Å²) in [6.07, 6.45) is 2.43. The van der Waals surface area contributed by atoms with Gasteiger partial charge in [0, 0.05) is 5.75 Å². The molecule has 0 bridgehead atoms. The van der Waals surface area contributed by atoms with Crippen LogP contribution in [0.15, 0.2) is 4.99 Å². The van der Waals surface area contributed by atoms with Gasteiger partial charge in [-0.15, -0.1) is 0 Å². The molecule has 1 fully saturated rings. The number of hydrogen-bond acceptors (Lipinski definition) is 2. The van der Waals surface area contributed by atoms with Crippen molar-refractivity contribution < 1.29 is 0 Å². The molecule has 3 heteroatoms. The third kappa shape index (κ3) is 1.74. The highest BCUT2D eigenvalue weighted by Crippen LogP contribution is 2.23. The number of hydrogen-bond donors (Lipinski definition) is 2. The molecule has 2 N–H and O–H groups in total. The highest BCUT2D eigenvalue weighted by molar-refractivity contribution is 7.81. The first-order chi connectivity index (χ1) is 3.83. The Balaban J connectivity index is 2.27. The second-order valence-electron chi connectivity index (χ2n) is 2.01. The maximum Gasteiger partial charge on any atom is 0.104 e. The Morgan fingerprint density at radius 3 is 2.75 bits per heavy atom. The van der Waals surface area contributed by atoms with Gasteiger partial charge < -0.3 is 5.73 Å². The molecule has 0 aromatic carbocycles. The lowest BCUT2D eigenvalue weighted by molar-refractivity contribution is 1.06. The minimum atomic E-state index is 0.544. The van der Waals surface area contributed by atoms with E-state index in [1.165, 1.54) is 12.8 Å². The van der Waals surface area contributed by atoms with Crippen molar-refractivity contribution in [3.8, 4) is 0 Å². The van der Waals surface area contributed by atoms with E-state index in [1.807, 2.05) is 0 Å². The quantitative estimate of drug-likeness (QED) is 0.317. The van der Waals surface area contributed by atoms with Crippen molar-refractivity contribution in [1.82, 2.24) is 0 Å². The highest BCUT2D eigenvalue weighted by Gasteiger charge is 2.19. The van der Waals surface area contributed by atoms with Crippen LogP contribution in [0, 0.1) is 0 Å². The maximum absolute atomic E-state index is 5.39. The molecular formula is C5H10N2S. The molecule has 1 saturated carbocycles. The summed E-state index contributed by atoms with van der Waals surface area (Å²) >= 11 is 3.96. The molecule has 0 aromatic heterocycles. The van der Waals surface area contributed by atoms with Crippen LogP contribution in [0.25, 0.3) is 0 Å². The van der Waals surface area contributed by atoms with Crippen LogP contribution in [0.5, 0.6) is 0 Å². The largest absolute Gasteiger partial charge is 0.387 e. The fourth-order valence-electron chi connectivity index (χ4n) is 0.479. The first-order valence-electron chi connectivity index (χ1n) is 2.76. The highest BCUT2D eigenvalue weighted by atomic mass is 32.1. The van der Waals surface area contributed by atoms with Crippen molar-refractivity contribution in [3.63, 3.8) is 0 Å². The molecule has 0 aromatic rings. The van der Waals surface area contributed by atoms with Crippen LogP contribution >= 0.6 is 12.6 Å². The molecular weight excluding hydrogens is 120 g/mol. The molecule has 0 amide bonds. The third-order valence-corrected chi connectivity index (χ3v) is 1.38. The van der Waals surface area contributed by atoms with Crippen LogP contribution in [0.1, 0.15) is 12.8 Å². The van der Waals surface area contributed by atoms with Crippen molar-refractivity contribution >= 4 is 18.5 Å². The van der Waals surface area contributed by atoms with Gasteiger partial charge in [0.15, 0.2) is 0 Å². The van der Waals surface area contributed by atoms with Crippen molar-refractivity contribution in [2.75, 3.05) is 5.75 Å². The van der Waals surface area contributed by atoms with Gasteiger partial charge >= 0.3 is 0 Å². The third-order valence-electron chi connectivity index (χ3n) is 1.06.